The number of ketones is 1. The van der Waals surface area contributed by atoms with E-state index in [4.69, 9.17) is 9.47 Å². The molecule has 2 aromatic carbocycles. The van der Waals surface area contributed by atoms with Crippen molar-refractivity contribution in [1.29, 1.82) is 0 Å². The molecule has 11 heteroatoms. The number of ether oxygens (including phenoxy) is 2. The number of amides is 2. The quantitative estimate of drug-likeness (QED) is 0.216. The van der Waals surface area contributed by atoms with Crippen LogP contribution in [0.15, 0.2) is 60.9 Å². The number of rotatable bonds is 1. The monoisotopic (exact) mass is 650 g/mol. The Morgan fingerprint density at radius 2 is 1.32 bits per heavy atom. The maximum absolute atomic E-state index is 13.5. The van der Waals surface area contributed by atoms with Gasteiger partial charge in [-0.2, -0.15) is 0 Å². The van der Waals surface area contributed by atoms with Gasteiger partial charge in [-0.1, -0.05) is 6.08 Å². The van der Waals surface area contributed by atoms with E-state index in [0.29, 0.717) is 39.0 Å². The summed E-state index contributed by atoms with van der Waals surface area (Å²) in [5.41, 5.74) is 3.07. The van der Waals surface area contributed by atoms with Crippen LogP contribution in [0, 0.1) is 11.6 Å². The Morgan fingerprint density at radius 3 is 1.91 bits per heavy atom. The van der Waals surface area contributed by atoms with Crippen molar-refractivity contribution in [2.45, 2.75) is 72.0 Å². The molecule has 0 saturated carbocycles. The van der Waals surface area contributed by atoms with Gasteiger partial charge in [0.2, 0.25) is 0 Å². The predicted molar refractivity (Wildman–Crippen MR) is 179 cm³/mol. The molecule has 2 N–H and O–H groups in total. The number of nitrogens with one attached hydrogen (secondary N) is 2. The van der Waals surface area contributed by atoms with Gasteiger partial charge in [0, 0.05) is 78.8 Å². The van der Waals surface area contributed by atoms with Crippen LogP contribution < -0.4 is 0 Å². The SMILES string of the molecule is CC(C)(C)OC(=O)N1CC=C(c2c[nH]c3ccc(F)cc23)CC1.CC(C)(C)OC(=O)N1CCC(=O)CC1.Fc1ccc2[nH]ccc2c1. The van der Waals surface area contributed by atoms with E-state index in [1.165, 1.54) is 18.2 Å². The molecule has 0 spiro atoms. The summed E-state index contributed by atoms with van der Waals surface area (Å²) in [6.07, 6.45) is 6.74. The molecule has 4 heterocycles. The highest BCUT2D eigenvalue weighted by Crippen LogP contribution is 2.30. The fourth-order valence-corrected chi connectivity index (χ4v) is 5.05. The van der Waals surface area contributed by atoms with Gasteiger partial charge < -0.3 is 29.2 Å². The van der Waals surface area contributed by atoms with Crippen molar-refractivity contribution in [1.82, 2.24) is 19.8 Å². The van der Waals surface area contributed by atoms with Gasteiger partial charge in [-0.3, -0.25) is 4.79 Å². The standard InChI is InChI=1S/C18H21FN2O2.C10H17NO3.C8H6FN/c1-18(2,3)23-17(22)21-8-6-12(7-9-21)15-11-20-16-5-4-13(19)10-14(15)16;1-10(2,3)14-9(13)11-6-4-8(12)5-7-11;9-7-1-2-8-6(5-7)3-4-10-8/h4-6,10-11,20H,7-9H2,1-3H3;4-7H2,1-3H3;1-5,10H. The molecule has 4 aromatic rings. The fraction of sp³-hybridized carbons (Fsp3) is 0.417. The Labute approximate surface area is 273 Å². The molecule has 2 aliphatic rings. The molecule has 9 nitrogen and oxygen atoms in total. The van der Waals surface area contributed by atoms with Gasteiger partial charge in [-0.25, -0.2) is 18.4 Å². The van der Waals surface area contributed by atoms with Crippen molar-refractivity contribution in [2.24, 2.45) is 0 Å². The lowest BCUT2D eigenvalue weighted by Gasteiger charge is -2.29. The third-order valence-electron chi connectivity index (χ3n) is 7.34. The van der Waals surface area contributed by atoms with Crippen molar-refractivity contribution >= 4 is 45.3 Å². The van der Waals surface area contributed by atoms with Crippen molar-refractivity contribution in [2.75, 3.05) is 26.2 Å². The lowest BCUT2D eigenvalue weighted by molar-refractivity contribution is -0.121. The van der Waals surface area contributed by atoms with Crippen LogP contribution in [0.4, 0.5) is 18.4 Å². The summed E-state index contributed by atoms with van der Waals surface area (Å²) in [6, 6.07) is 11.3. The van der Waals surface area contributed by atoms with Crippen LogP contribution in [-0.2, 0) is 14.3 Å². The van der Waals surface area contributed by atoms with Crippen molar-refractivity contribution < 1.29 is 32.6 Å². The smallest absolute Gasteiger partial charge is 0.410 e. The van der Waals surface area contributed by atoms with Gasteiger partial charge in [0.1, 0.15) is 28.6 Å². The largest absolute Gasteiger partial charge is 0.444 e. The van der Waals surface area contributed by atoms with Crippen LogP contribution in [-0.4, -0.2) is 75.1 Å². The Morgan fingerprint density at radius 1 is 0.745 bits per heavy atom. The number of halogens is 2. The molecule has 2 amide bonds. The number of H-pyrrole nitrogens is 2. The van der Waals surface area contributed by atoms with E-state index in [9.17, 15) is 23.2 Å². The van der Waals surface area contributed by atoms with Crippen molar-refractivity contribution in [3.8, 4) is 0 Å². The van der Waals surface area contributed by atoms with E-state index in [1.54, 1.807) is 34.2 Å². The number of aromatic amines is 2. The molecule has 47 heavy (non-hydrogen) atoms. The van der Waals surface area contributed by atoms with Crippen LogP contribution in [0.3, 0.4) is 0 Å². The molecule has 1 saturated heterocycles. The van der Waals surface area contributed by atoms with E-state index < -0.39 is 11.2 Å². The lowest BCUT2D eigenvalue weighted by atomic mass is 9.99. The Hall–Kier alpha value is -4.67. The number of aromatic nitrogens is 2. The highest BCUT2D eigenvalue weighted by atomic mass is 19.1. The first kappa shape index (κ1) is 35.2. The van der Waals surface area contributed by atoms with E-state index in [0.717, 1.165) is 39.4 Å². The molecule has 0 aliphatic carbocycles. The Kier molecular flexibility index (Phi) is 11.1. The predicted octanol–water partition coefficient (Wildman–Crippen LogP) is 8.22. The van der Waals surface area contributed by atoms with Crippen LogP contribution >= 0.6 is 0 Å². The van der Waals surface area contributed by atoms with Crippen molar-refractivity contribution in [3.05, 3.63) is 78.1 Å². The molecule has 0 bridgehead atoms. The minimum absolute atomic E-state index is 0.188. The average molecular weight is 651 g/mol. The number of fused-ring (bicyclic) bond motifs is 2. The number of Topliss-reactive ketones (excluding diaryl/α,β-unsaturated/α-hetero) is 1. The minimum atomic E-state index is -0.491. The highest BCUT2D eigenvalue weighted by Gasteiger charge is 2.26. The molecule has 0 atom stereocenters. The first-order valence-electron chi connectivity index (χ1n) is 15.7. The third kappa shape index (κ3) is 10.4. The van der Waals surface area contributed by atoms with Gasteiger partial charge in [0.15, 0.2) is 0 Å². The van der Waals surface area contributed by atoms with Gasteiger partial charge in [0.05, 0.1) is 0 Å². The number of benzene rings is 2. The molecular weight excluding hydrogens is 606 g/mol. The highest BCUT2D eigenvalue weighted by molar-refractivity contribution is 5.93. The summed E-state index contributed by atoms with van der Waals surface area (Å²) in [5, 5.41) is 1.79. The zero-order chi connectivity index (χ0) is 34.4. The second kappa shape index (κ2) is 14.8. The van der Waals surface area contributed by atoms with E-state index in [2.05, 4.69) is 9.97 Å². The molecule has 252 valence electrons. The maximum Gasteiger partial charge on any atom is 0.410 e. The molecule has 2 aromatic heterocycles. The van der Waals surface area contributed by atoms with Crippen LogP contribution in [0.2, 0.25) is 0 Å². The molecule has 1 fully saturated rings. The number of piperidine rings is 1. The summed E-state index contributed by atoms with van der Waals surface area (Å²) < 4.78 is 36.6. The molecule has 0 unspecified atom stereocenters. The summed E-state index contributed by atoms with van der Waals surface area (Å²) in [4.78, 5) is 44.0. The molecule has 2 aliphatic heterocycles. The van der Waals surface area contributed by atoms with E-state index in [-0.39, 0.29) is 29.6 Å². The zero-order valence-corrected chi connectivity index (χ0v) is 27.9. The second-order valence-corrected chi connectivity index (χ2v) is 13.5. The minimum Gasteiger partial charge on any atom is -0.444 e. The zero-order valence-electron chi connectivity index (χ0n) is 27.9. The first-order valence-corrected chi connectivity index (χ1v) is 15.7. The van der Waals surface area contributed by atoms with Crippen molar-refractivity contribution in [3.63, 3.8) is 0 Å². The number of carbonyl (C=O) groups is 3. The molecule has 6 rings (SSSR count). The maximum atomic E-state index is 13.5. The van der Waals surface area contributed by atoms with E-state index in [1.807, 2.05) is 59.9 Å². The number of likely N-dealkylation sites (tertiary alicyclic amines) is 1. The summed E-state index contributed by atoms with van der Waals surface area (Å²) >= 11 is 0. The van der Waals surface area contributed by atoms with Gasteiger partial charge in [0.25, 0.3) is 0 Å². The van der Waals surface area contributed by atoms with Crippen LogP contribution in [0.25, 0.3) is 27.4 Å². The number of nitrogens with zero attached hydrogens (tertiary/aromatic N) is 2. The van der Waals surface area contributed by atoms with Crippen LogP contribution in [0.5, 0.6) is 0 Å². The normalized spacial score (nSPS) is 15.3. The lowest BCUT2D eigenvalue weighted by Crippen LogP contribution is -2.41. The molecule has 0 radical (unpaired) electrons. The number of carbonyl (C=O) groups excluding carboxylic acids is 3. The summed E-state index contributed by atoms with van der Waals surface area (Å²) in [5.74, 6) is -0.206. The van der Waals surface area contributed by atoms with E-state index >= 15 is 0 Å². The third-order valence-corrected chi connectivity index (χ3v) is 7.34. The van der Waals surface area contributed by atoms with Crippen LogP contribution in [0.1, 0.15) is 66.4 Å². The summed E-state index contributed by atoms with van der Waals surface area (Å²) in [7, 11) is 0. The Balaban J connectivity index is 0.000000176. The second-order valence-electron chi connectivity index (χ2n) is 13.5. The van der Waals surface area contributed by atoms with Gasteiger partial charge in [-0.05, 0) is 96.0 Å². The number of hydrogen-bond acceptors (Lipinski definition) is 5. The Bertz CT molecular complexity index is 1740. The number of hydrogen-bond donors (Lipinski definition) is 2. The van der Waals surface area contributed by atoms with Gasteiger partial charge in [-0.15, -0.1) is 0 Å². The average Bonchev–Trinajstić information content (AvgIpc) is 3.63. The fourth-order valence-electron chi connectivity index (χ4n) is 5.05. The van der Waals surface area contributed by atoms with Gasteiger partial charge >= 0.3 is 12.2 Å². The topological polar surface area (TPSA) is 108 Å². The summed E-state index contributed by atoms with van der Waals surface area (Å²) in [6.45, 7) is 13.2. The molecular formula is C36H44F2N4O5. The first-order chi connectivity index (χ1) is 22.1.